The summed E-state index contributed by atoms with van der Waals surface area (Å²) in [5.41, 5.74) is 2.16. The van der Waals surface area contributed by atoms with Gasteiger partial charge in [-0.3, -0.25) is 4.57 Å². The molecular weight excluding hydrogens is 185 g/mol. The Morgan fingerprint density at radius 3 is 2.25 bits per heavy atom. The van der Waals surface area contributed by atoms with E-state index in [2.05, 4.69) is 19.4 Å². The second-order valence-electron chi connectivity index (χ2n) is 1.81. The Bertz CT molecular complexity index is 186. The Labute approximate surface area is 70.7 Å². The van der Waals surface area contributed by atoms with Crippen molar-refractivity contribution < 1.29 is 23.2 Å². The van der Waals surface area contributed by atoms with Gasteiger partial charge in [-0.05, 0) is 0 Å². The van der Waals surface area contributed by atoms with Crippen molar-refractivity contribution in [3.8, 4) is 0 Å². The van der Waals surface area contributed by atoms with Gasteiger partial charge in [0.2, 0.25) is 0 Å². The number of hydrogen-bond donors (Lipinski definition) is 1. The zero-order chi connectivity index (χ0) is 9.61. The van der Waals surface area contributed by atoms with Crippen molar-refractivity contribution in [3.63, 3.8) is 0 Å². The van der Waals surface area contributed by atoms with Gasteiger partial charge in [-0.25, -0.2) is 4.79 Å². The van der Waals surface area contributed by atoms with Crippen molar-refractivity contribution in [2.45, 2.75) is 0 Å². The molecule has 12 heavy (non-hydrogen) atoms. The van der Waals surface area contributed by atoms with Crippen LogP contribution in [0.5, 0.6) is 0 Å². The number of hydrogen-bond acceptors (Lipinski definition) is 6. The Morgan fingerprint density at radius 2 is 1.92 bits per heavy atom. The lowest BCUT2D eigenvalue weighted by atomic mass is 10.8. The normalized spacial score (nSPS) is 11.2. The van der Waals surface area contributed by atoms with Crippen LogP contribution in [-0.2, 0) is 23.2 Å². The van der Waals surface area contributed by atoms with Crippen molar-refractivity contribution in [1.82, 2.24) is 5.48 Å². The van der Waals surface area contributed by atoms with Crippen LogP contribution in [0.2, 0.25) is 0 Å². The fourth-order valence-electron chi connectivity index (χ4n) is 0.508. The summed E-state index contributed by atoms with van der Waals surface area (Å²) >= 11 is 0. The summed E-state index contributed by atoms with van der Waals surface area (Å²) in [5, 5.41) is 0. The molecule has 0 saturated carbocycles. The van der Waals surface area contributed by atoms with Crippen LogP contribution >= 0.6 is 7.60 Å². The van der Waals surface area contributed by atoms with Gasteiger partial charge in [0.1, 0.15) is 6.16 Å². The Kier molecular flexibility index (Phi) is 5.08. The highest BCUT2D eigenvalue weighted by Gasteiger charge is 2.26. The van der Waals surface area contributed by atoms with Gasteiger partial charge in [-0.2, -0.15) is 5.48 Å². The van der Waals surface area contributed by atoms with Crippen LogP contribution in [0.15, 0.2) is 0 Å². The lowest BCUT2D eigenvalue weighted by molar-refractivity contribution is -0.146. The summed E-state index contributed by atoms with van der Waals surface area (Å²) in [5.74, 6) is -0.690. The number of rotatable bonds is 5. The van der Waals surface area contributed by atoms with Gasteiger partial charge >= 0.3 is 13.6 Å². The van der Waals surface area contributed by atoms with Gasteiger partial charge in [0.25, 0.3) is 0 Å². The first-order valence-electron chi connectivity index (χ1n) is 3.15. The highest BCUT2D eigenvalue weighted by atomic mass is 31.2. The predicted molar refractivity (Wildman–Crippen MR) is 41.6 cm³/mol. The first-order valence-corrected chi connectivity index (χ1v) is 4.87. The number of carbonyl (C=O) groups is 1. The molecule has 0 aromatic rings. The second kappa shape index (κ2) is 5.27. The third kappa shape index (κ3) is 3.82. The highest BCUT2D eigenvalue weighted by molar-refractivity contribution is 7.54. The molecule has 0 saturated heterocycles. The zero-order valence-corrected chi connectivity index (χ0v) is 8.09. The van der Waals surface area contributed by atoms with E-state index in [0.717, 1.165) is 0 Å². The van der Waals surface area contributed by atoms with Crippen LogP contribution in [0.1, 0.15) is 0 Å². The molecule has 0 fully saturated rings. The predicted octanol–water partition coefficient (Wildman–Crippen LogP) is 0.150. The molecule has 0 aliphatic rings. The van der Waals surface area contributed by atoms with Crippen LogP contribution in [0.3, 0.4) is 0 Å². The van der Waals surface area contributed by atoms with Crippen molar-refractivity contribution in [2.24, 2.45) is 0 Å². The summed E-state index contributed by atoms with van der Waals surface area (Å²) in [6.07, 6.45) is -0.402. The first-order chi connectivity index (χ1) is 5.58. The minimum absolute atomic E-state index is 0.402. The smallest absolute Gasteiger partial charge is 0.341 e. The minimum atomic E-state index is -3.28. The van der Waals surface area contributed by atoms with E-state index >= 15 is 0 Å². The van der Waals surface area contributed by atoms with E-state index in [1.165, 1.54) is 21.3 Å². The molecular formula is C5H12NO5P. The summed E-state index contributed by atoms with van der Waals surface area (Å²) in [6.45, 7) is 0. The van der Waals surface area contributed by atoms with Crippen molar-refractivity contribution >= 4 is 13.6 Å². The SMILES string of the molecule is CNOC(=O)CP(=O)(OC)OC. The van der Waals surface area contributed by atoms with Crippen LogP contribution < -0.4 is 5.48 Å². The van der Waals surface area contributed by atoms with Crippen LogP contribution in [0.25, 0.3) is 0 Å². The molecule has 0 unspecified atom stereocenters. The van der Waals surface area contributed by atoms with E-state index < -0.39 is 19.7 Å². The maximum atomic E-state index is 11.3. The number of nitrogens with one attached hydrogen (secondary N) is 1. The van der Waals surface area contributed by atoms with Gasteiger partial charge in [0.05, 0.1) is 0 Å². The van der Waals surface area contributed by atoms with Gasteiger partial charge in [-0.1, -0.05) is 0 Å². The molecule has 0 radical (unpaired) electrons. The molecule has 0 amide bonds. The van der Waals surface area contributed by atoms with Gasteiger partial charge in [0, 0.05) is 21.3 Å². The van der Waals surface area contributed by atoms with Crippen LogP contribution in [-0.4, -0.2) is 33.4 Å². The van der Waals surface area contributed by atoms with Crippen LogP contribution in [0, 0.1) is 0 Å². The number of hydroxylamine groups is 1. The Hall–Kier alpha value is -0.420. The lowest BCUT2D eigenvalue weighted by Gasteiger charge is -2.11. The summed E-state index contributed by atoms with van der Waals surface area (Å²) in [6, 6.07) is 0. The largest absolute Gasteiger partial charge is 0.370 e. The number of carbonyl (C=O) groups excluding carboxylic acids is 1. The van der Waals surface area contributed by atoms with Gasteiger partial charge in [-0.15, -0.1) is 0 Å². The van der Waals surface area contributed by atoms with Crippen molar-refractivity contribution in [3.05, 3.63) is 0 Å². The summed E-state index contributed by atoms with van der Waals surface area (Å²) in [4.78, 5) is 15.1. The van der Waals surface area contributed by atoms with E-state index in [1.807, 2.05) is 0 Å². The molecule has 7 heteroatoms. The minimum Gasteiger partial charge on any atom is -0.370 e. The highest BCUT2D eigenvalue weighted by Crippen LogP contribution is 2.45. The van der Waals surface area contributed by atoms with Crippen LogP contribution in [0.4, 0.5) is 0 Å². The van der Waals surface area contributed by atoms with Gasteiger partial charge in [0.15, 0.2) is 0 Å². The van der Waals surface area contributed by atoms with E-state index in [0.29, 0.717) is 0 Å². The summed E-state index contributed by atoms with van der Waals surface area (Å²) in [7, 11) is 0.548. The third-order valence-electron chi connectivity index (χ3n) is 1.09. The molecule has 0 aliphatic carbocycles. The topological polar surface area (TPSA) is 73.9 Å². The lowest BCUT2D eigenvalue weighted by Crippen LogP contribution is -2.19. The van der Waals surface area contributed by atoms with E-state index in [-0.39, 0.29) is 0 Å². The average Bonchev–Trinajstić information content (AvgIpc) is 2.05. The quantitative estimate of drug-likeness (QED) is 0.499. The zero-order valence-electron chi connectivity index (χ0n) is 7.20. The van der Waals surface area contributed by atoms with E-state index in [4.69, 9.17) is 0 Å². The monoisotopic (exact) mass is 197 g/mol. The third-order valence-corrected chi connectivity index (χ3v) is 2.85. The van der Waals surface area contributed by atoms with E-state index in [1.54, 1.807) is 0 Å². The molecule has 0 rings (SSSR count). The van der Waals surface area contributed by atoms with Gasteiger partial charge < -0.3 is 13.9 Å². The van der Waals surface area contributed by atoms with Crippen molar-refractivity contribution in [1.29, 1.82) is 0 Å². The fourth-order valence-corrected chi connectivity index (χ4v) is 1.30. The molecule has 6 nitrogen and oxygen atoms in total. The average molecular weight is 197 g/mol. The molecule has 0 aromatic carbocycles. The molecule has 1 N–H and O–H groups in total. The summed E-state index contributed by atoms with van der Waals surface area (Å²) < 4.78 is 20.3. The molecule has 0 bridgehead atoms. The molecule has 0 atom stereocenters. The maximum absolute atomic E-state index is 11.3. The Morgan fingerprint density at radius 1 is 1.42 bits per heavy atom. The fraction of sp³-hybridized carbons (Fsp3) is 0.800. The molecule has 0 heterocycles. The van der Waals surface area contributed by atoms with Crippen molar-refractivity contribution in [2.75, 3.05) is 27.4 Å². The molecule has 72 valence electrons. The van der Waals surface area contributed by atoms with E-state index in [9.17, 15) is 9.36 Å². The maximum Gasteiger partial charge on any atom is 0.341 e. The first kappa shape index (κ1) is 11.6. The standard InChI is InChI=1S/C5H12NO5P/c1-6-11-5(7)4-12(8,9-2)10-3/h6H,4H2,1-3H3. The Balaban J connectivity index is 4.03. The molecule has 0 aromatic heterocycles. The molecule has 0 spiro atoms. The second-order valence-corrected chi connectivity index (χ2v) is 4.08. The molecule has 0 aliphatic heterocycles.